The number of pyridine rings is 2. The van der Waals surface area contributed by atoms with Gasteiger partial charge in [0.2, 0.25) is 5.95 Å². The van der Waals surface area contributed by atoms with Crippen LogP contribution in [0, 0.1) is 0 Å². The normalized spacial score (nSPS) is 11.1. The molecule has 5 rings (SSSR count). The third kappa shape index (κ3) is 5.34. The molecule has 8 heteroatoms. The van der Waals surface area contributed by atoms with E-state index in [1.807, 2.05) is 37.3 Å². The van der Waals surface area contributed by atoms with Gasteiger partial charge in [0, 0.05) is 34.3 Å². The molecule has 0 aliphatic carbocycles. The number of carbonyl (C=O) groups excluding carboxylic acids is 1. The number of benzene rings is 2. The number of nitrogens with zero attached hydrogens (tertiary/aromatic N) is 4. The Balaban J connectivity index is 1.37. The maximum atomic E-state index is 13.4. The van der Waals surface area contributed by atoms with Gasteiger partial charge in [0.05, 0.1) is 11.3 Å². The van der Waals surface area contributed by atoms with E-state index >= 15 is 0 Å². The summed E-state index contributed by atoms with van der Waals surface area (Å²) in [6.45, 7) is 4.59. The molecule has 0 unspecified atom stereocenters. The minimum absolute atomic E-state index is 0.146. The summed E-state index contributed by atoms with van der Waals surface area (Å²) in [5.74, 6) is 0.0704. The molecule has 0 spiro atoms. The first-order valence-electron chi connectivity index (χ1n) is 12.3. The van der Waals surface area contributed by atoms with Gasteiger partial charge < -0.3 is 11.1 Å². The molecule has 3 N–H and O–H groups in total. The number of rotatable bonds is 8. The van der Waals surface area contributed by atoms with E-state index in [0.29, 0.717) is 24.2 Å². The van der Waals surface area contributed by atoms with Crippen LogP contribution in [0.3, 0.4) is 0 Å². The molecule has 5 aromatic rings. The molecule has 2 aromatic carbocycles. The quantitative estimate of drug-likeness (QED) is 0.284. The van der Waals surface area contributed by atoms with Crippen LogP contribution in [0.15, 0.2) is 88.9 Å². The van der Waals surface area contributed by atoms with Gasteiger partial charge in [0.15, 0.2) is 5.65 Å². The van der Waals surface area contributed by atoms with Gasteiger partial charge in [-0.25, -0.2) is 4.52 Å². The lowest BCUT2D eigenvalue weighted by Gasteiger charge is -2.14. The van der Waals surface area contributed by atoms with E-state index in [4.69, 9.17) is 5.73 Å². The van der Waals surface area contributed by atoms with Gasteiger partial charge >= 0.3 is 0 Å². The number of nitrogens with one attached hydrogen (secondary N) is 1. The number of aryl methyl sites for hydroxylation is 2. The van der Waals surface area contributed by atoms with Crippen molar-refractivity contribution in [2.75, 3.05) is 5.73 Å². The second-order valence-electron chi connectivity index (χ2n) is 8.61. The minimum Gasteiger partial charge on any atom is -0.366 e. The fraction of sp³-hybridized carbons (Fsp3) is 0.172. The second kappa shape index (κ2) is 10.8. The fourth-order valence-electron chi connectivity index (χ4n) is 4.24. The Labute approximate surface area is 220 Å². The summed E-state index contributed by atoms with van der Waals surface area (Å²) >= 11 is 1.74. The number of aromatic nitrogens is 4. The lowest BCUT2D eigenvalue weighted by atomic mass is 10.0. The van der Waals surface area contributed by atoms with Crippen molar-refractivity contribution < 1.29 is 4.79 Å². The van der Waals surface area contributed by atoms with Crippen LogP contribution in [0.25, 0.3) is 16.8 Å². The fourth-order valence-corrected chi connectivity index (χ4v) is 5.39. The van der Waals surface area contributed by atoms with Crippen molar-refractivity contribution in [3.63, 3.8) is 0 Å². The van der Waals surface area contributed by atoms with Crippen LogP contribution in [-0.4, -0.2) is 25.5 Å². The van der Waals surface area contributed by atoms with E-state index in [1.54, 1.807) is 28.7 Å². The van der Waals surface area contributed by atoms with Crippen molar-refractivity contribution in [1.29, 1.82) is 0 Å². The number of hydrogen-bond acceptors (Lipinski definition) is 6. The van der Waals surface area contributed by atoms with Crippen molar-refractivity contribution in [2.45, 2.75) is 43.0 Å². The van der Waals surface area contributed by atoms with E-state index in [1.165, 1.54) is 10.5 Å². The maximum Gasteiger partial charge on any atom is 0.253 e. The number of anilines is 1. The smallest absolute Gasteiger partial charge is 0.253 e. The van der Waals surface area contributed by atoms with E-state index < -0.39 is 0 Å². The molecular formula is C29H28N6OS. The molecule has 0 saturated carbocycles. The largest absolute Gasteiger partial charge is 0.366 e. The molecule has 0 bridgehead atoms. The molecule has 0 fully saturated rings. The number of hydrogen-bond donors (Lipinski definition) is 2. The molecule has 37 heavy (non-hydrogen) atoms. The highest BCUT2D eigenvalue weighted by Crippen LogP contribution is 2.33. The number of nitrogens with two attached hydrogens (primary N) is 1. The van der Waals surface area contributed by atoms with Crippen molar-refractivity contribution in [1.82, 2.24) is 24.9 Å². The highest BCUT2D eigenvalue weighted by atomic mass is 32.2. The highest BCUT2D eigenvalue weighted by Gasteiger charge is 2.15. The van der Waals surface area contributed by atoms with E-state index in [9.17, 15) is 4.79 Å². The van der Waals surface area contributed by atoms with Gasteiger partial charge in [-0.15, -0.1) is 5.10 Å². The van der Waals surface area contributed by atoms with Crippen LogP contribution in [-0.2, 0) is 19.4 Å². The number of carbonyl (C=O) groups is 1. The molecule has 1 amide bonds. The zero-order valence-electron chi connectivity index (χ0n) is 20.8. The third-order valence-corrected chi connectivity index (χ3v) is 7.46. The monoisotopic (exact) mass is 508 g/mol. The van der Waals surface area contributed by atoms with E-state index in [0.717, 1.165) is 33.7 Å². The third-order valence-electron chi connectivity index (χ3n) is 6.22. The summed E-state index contributed by atoms with van der Waals surface area (Å²) in [6, 6.07) is 22.3. The molecule has 0 saturated heterocycles. The van der Waals surface area contributed by atoms with Gasteiger partial charge in [-0.2, -0.15) is 4.98 Å². The molecule has 3 aromatic heterocycles. The molecular weight excluding hydrogens is 480 g/mol. The molecule has 186 valence electrons. The Morgan fingerprint density at radius 3 is 2.43 bits per heavy atom. The second-order valence-corrected chi connectivity index (χ2v) is 9.70. The van der Waals surface area contributed by atoms with Crippen molar-refractivity contribution in [2.24, 2.45) is 0 Å². The SMILES string of the molecule is CCc1ccccc1Sc1ccccc1CNC(=O)c1cc(-c2ccn3nc(N)nc3c2)cnc1CC. The molecule has 0 aliphatic rings. The summed E-state index contributed by atoms with van der Waals surface area (Å²) in [7, 11) is 0. The van der Waals surface area contributed by atoms with Gasteiger partial charge in [0.1, 0.15) is 0 Å². The molecule has 0 atom stereocenters. The summed E-state index contributed by atoms with van der Waals surface area (Å²) in [6.07, 6.45) is 5.22. The summed E-state index contributed by atoms with van der Waals surface area (Å²) in [4.78, 5) is 24.6. The van der Waals surface area contributed by atoms with Crippen LogP contribution in [0.2, 0.25) is 0 Å². The standard InChI is InChI=1S/C29H28N6OS/c1-3-19-9-5-7-11-25(19)37-26-12-8-6-10-21(26)17-32-28(36)23-15-22(18-31-24(23)4-2)20-13-14-35-27(16-20)33-29(30)34-35/h5-16,18H,3-4,17H2,1-2H3,(H2,30,34)(H,32,36). The zero-order valence-corrected chi connectivity index (χ0v) is 21.6. The number of fused-ring (bicyclic) bond motifs is 1. The predicted molar refractivity (Wildman–Crippen MR) is 148 cm³/mol. The Morgan fingerprint density at radius 1 is 0.946 bits per heavy atom. The Bertz CT molecular complexity index is 1580. The van der Waals surface area contributed by atoms with Crippen molar-refractivity contribution in [3.05, 3.63) is 102 Å². The average molecular weight is 509 g/mol. The zero-order chi connectivity index (χ0) is 25.8. The topological polar surface area (TPSA) is 98.2 Å². The van der Waals surface area contributed by atoms with Crippen molar-refractivity contribution >= 4 is 29.3 Å². The van der Waals surface area contributed by atoms with Crippen molar-refractivity contribution in [3.8, 4) is 11.1 Å². The van der Waals surface area contributed by atoms with Gasteiger partial charge in [-0.1, -0.05) is 62.0 Å². The predicted octanol–water partition coefficient (Wildman–Crippen LogP) is 5.58. The summed E-state index contributed by atoms with van der Waals surface area (Å²) in [5, 5.41) is 7.24. The lowest BCUT2D eigenvalue weighted by Crippen LogP contribution is -2.24. The average Bonchev–Trinajstić information content (AvgIpc) is 3.31. The van der Waals surface area contributed by atoms with Crippen LogP contribution in [0.4, 0.5) is 5.95 Å². The Hall–Kier alpha value is -4.17. The van der Waals surface area contributed by atoms with Gasteiger partial charge in [0.25, 0.3) is 5.91 Å². The molecule has 0 radical (unpaired) electrons. The van der Waals surface area contributed by atoms with Crippen LogP contribution in [0.1, 0.15) is 41.0 Å². The number of nitrogen functional groups attached to an aromatic ring is 1. The highest BCUT2D eigenvalue weighted by molar-refractivity contribution is 7.99. The molecule has 0 aliphatic heterocycles. The number of amides is 1. The minimum atomic E-state index is -0.146. The van der Waals surface area contributed by atoms with Gasteiger partial charge in [-0.05, 0) is 59.9 Å². The van der Waals surface area contributed by atoms with Crippen LogP contribution >= 0.6 is 11.8 Å². The Morgan fingerprint density at radius 2 is 1.68 bits per heavy atom. The summed E-state index contributed by atoms with van der Waals surface area (Å²) in [5.41, 5.74) is 11.8. The van der Waals surface area contributed by atoms with Crippen LogP contribution < -0.4 is 11.1 Å². The van der Waals surface area contributed by atoms with Crippen LogP contribution in [0.5, 0.6) is 0 Å². The molecule has 3 heterocycles. The summed E-state index contributed by atoms with van der Waals surface area (Å²) < 4.78 is 1.62. The van der Waals surface area contributed by atoms with E-state index in [2.05, 4.69) is 63.7 Å². The molecule has 7 nitrogen and oxygen atoms in total. The van der Waals surface area contributed by atoms with E-state index in [-0.39, 0.29) is 11.9 Å². The first-order valence-corrected chi connectivity index (χ1v) is 13.1. The maximum absolute atomic E-state index is 13.4. The van der Waals surface area contributed by atoms with Gasteiger partial charge in [-0.3, -0.25) is 9.78 Å². The first kappa shape index (κ1) is 24.5. The Kier molecular flexibility index (Phi) is 7.18. The first-order chi connectivity index (χ1) is 18.1. The lowest BCUT2D eigenvalue weighted by molar-refractivity contribution is 0.0949.